The Bertz CT molecular complexity index is 1020. The molecule has 0 unspecified atom stereocenters. The third-order valence-electron chi connectivity index (χ3n) is 4.47. The predicted molar refractivity (Wildman–Crippen MR) is 103 cm³/mol. The number of amides is 2. The van der Waals surface area contributed by atoms with Crippen molar-refractivity contribution in [3.63, 3.8) is 0 Å². The van der Waals surface area contributed by atoms with Crippen LogP contribution in [0.2, 0.25) is 0 Å². The van der Waals surface area contributed by atoms with Gasteiger partial charge in [-0.05, 0) is 50.6 Å². The molecule has 0 aliphatic carbocycles. The lowest BCUT2D eigenvalue weighted by Crippen LogP contribution is -2.23. The molecule has 0 saturated heterocycles. The van der Waals surface area contributed by atoms with E-state index < -0.39 is 11.7 Å². The summed E-state index contributed by atoms with van der Waals surface area (Å²) in [5.41, 5.74) is 3.06. The van der Waals surface area contributed by atoms with Crippen LogP contribution in [0.1, 0.15) is 43.3 Å². The summed E-state index contributed by atoms with van der Waals surface area (Å²) in [6.07, 6.45) is 0. The Morgan fingerprint density at radius 2 is 1.82 bits per heavy atom. The first-order valence-corrected chi connectivity index (χ1v) is 8.73. The van der Waals surface area contributed by atoms with E-state index in [9.17, 15) is 14.0 Å². The van der Waals surface area contributed by atoms with Crippen molar-refractivity contribution >= 4 is 17.5 Å². The standard InChI is InChI=1S/C21H20FN3O3/c1-12-8-9-15(20(26)23-11-17-13(2)25-28-14(17)3)10-19(12)24-21(27)16-6-4-5-7-18(16)22/h4-10H,11H2,1-3H3,(H,23,26)(H,24,27). The van der Waals surface area contributed by atoms with E-state index in [1.807, 2.05) is 0 Å². The summed E-state index contributed by atoms with van der Waals surface area (Å²) in [6.45, 7) is 5.66. The Kier molecular flexibility index (Phi) is 5.54. The largest absolute Gasteiger partial charge is 0.361 e. The summed E-state index contributed by atoms with van der Waals surface area (Å²) in [6, 6.07) is 10.7. The van der Waals surface area contributed by atoms with E-state index in [0.717, 1.165) is 16.8 Å². The van der Waals surface area contributed by atoms with Gasteiger partial charge in [0.15, 0.2) is 0 Å². The highest BCUT2D eigenvalue weighted by Crippen LogP contribution is 2.19. The molecule has 1 aromatic heterocycles. The van der Waals surface area contributed by atoms with E-state index in [1.54, 1.807) is 45.0 Å². The van der Waals surface area contributed by atoms with Crippen LogP contribution in [0.25, 0.3) is 0 Å². The summed E-state index contributed by atoms with van der Waals surface area (Å²) in [5.74, 6) is -0.832. The Morgan fingerprint density at radius 1 is 1.07 bits per heavy atom. The molecule has 28 heavy (non-hydrogen) atoms. The minimum atomic E-state index is -0.606. The van der Waals surface area contributed by atoms with Gasteiger partial charge in [-0.3, -0.25) is 9.59 Å². The van der Waals surface area contributed by atoms with Gasteiger partial charge in [0, 0.05) is 23.4 Å². The highest BCUT2D eigenvalue weighted by Gasteiger charge is 2.15. The molecule has 1 heterocycles. The first kappa shape index (κ1) is 19.3. The number of anilines is 1. The van der Waals surface area contributed by atoms with Crippen LogP contribution in [0.15, 0.2) is 47.0 Å². The Morgan fingerprint density at radius 3 is 2.50 bits per heavy atom. The molecule has 0 aliphatic heterocycles. The number of aryl methyl sites for hydroxylation is 3. The fourth-order valence-corrected chi connectivity index (χ4v) is 2.76. The molecule has 0 fully saturated rings. The van der Waals surface area contributed by atoms with Crippen molar-refractivity contribution in [1.82, 2.24) is 10.5 Å². The van der Waals surface area contributed by atoms with E-state index in [-0.39, 0.29) is 18.0 Å². The molecule has 6 nitrogen and oxygen atoms in total. The van der Waals surface area contributed by atoms with Gasteiger partial charge in [-0.15, -0.1) is 0 Å². The van der Waals surface area contributed by atoms with Gasteiger partial charge in [-0.1, -0.05) is 23.4 Å². The van der Waals surface area contributed by atoms with Gasteiger partial charge in [-0.25, -0.2) is 4.39 Å². The van der Waals surface area contributed by atoms with Gasteiger partial charge in [-0.2, -0.15) is 0 Å². The molecular formula is C21H20FN3O3. The Hall–Kier alpha value is -3.48. The minimum absolute atomic E-state index is 0.0600. The maximum atomic E-state index is 13.8. The number of halogens is 1. The van der Waals surface area contributed by atoms with E-state index >= 15 is 0 Å². The van der Waals surface area contributed by atoms with E-state index in [2.05, 4.69) is 15.8 Å². The molecule has 2 amide bonds. The SMILES string of the molecule is Cc1ccc(C(=O)NCc2c(C)noc2C)cc1NC(=O)c1ccccc1F. The van der Waals surface area contributed by atoms with Crippen LogP contribution in [-0.2, 0) is 6.54 Å². The Balaban J connectivity index is 1.74. The Labute approximate surface area is 161 Å². The zero-order valence-corrected chi connectivity index (χ0v) is 15.8. The number of hydrogen-bond acceptors (Lipinski definition) is 4. The van der Waals surface area contributed by atoms with Gasteiger partial charge in [0.2, 0.25) is 0 Å². The molecule has 3 aromatic rings. The normalized spacial score (nSPS) is 10.6. The van der Waals surface area contributed by atoms with Crippen molar-refractivity contribution in [2.45, 2.75) is 27.3 Å². The fourth-order valence-electron chi connectivity index (χ4n) is 2.76. The summed E-state index contributed by atoms with van der Waals surface area (Å²) in [7, 11) is 0. The maximum absolute atomic E-state index is 13.8. The number of nitrogens with zero attached hydrogens (tertiary/aromatic N) is 1. The van der Waals surface area contributed by atoms with Crippen LogP contribution in [-0.4, -0.2) is 17.0 Å². The number of aromatic nitrogens is 1. The second kappa shape index (κ2) is 8.04. The number of benzene rings is 2. The molecule has 3 rings (SSSR count). The number of rotatable bonds is 5. The molecule has 0 radical (unpaired) electrons. The van der Waals surface area contributed by atoms with Crippen molar-refractivity contribution in [2.24, 2.45) is 0 Å². The van der Waals surface area contributed by atoms with Crippen LogP contribution < -0.4 is 10.6 Å². The predicted octanol–water partition coefficient (Wildman–Crippen LogP) is 3.92. The fraction of sp³-hybridized carbons (Fsp3) is 0.190. The molecule has 144 valence electrons. The summed E-state index contributed by atoms with van der Waals surface area (Å²) in [4.78, 5) is 24.9. The quantitative estimate of drug-likeness (QED) is 0.702. The van der Waals surface area contributed by atoms with Crippen molar-refractivity contribution in [1.29, 1.82) is 0 Å². The maximum Gasteiger partial charge on any atom is 0.258 e. The highest BCUT2D eigenvalue weighted by molar-refractivity contribution is 6.05. The second-order valence-electron chi connectivity index (χ2n) is 6.45. The average Bonchev–Trinajstić information content (AvgIpc) is 2.99. The molecule has 0 aliphatic rings. The summed E-state index contributed by atoms with van der Waals surface area (Å²) in [5, 5.41) is 9.34. The van der Waals surface area contributed by atoms with Crippen LogP contribution in [0, 0.1) is 26.6 Å². The van der Waals surface area contributed by atoms with E-state index in [1.165, 1.54) is 18.2 Å². The van der Waals surface area contributed by atoms with Crippen molar-refractivity contribution < 1.29 is 18.5 Å². The number of nitrogens with one attached hydrogen (secondary N) is 2. The van der Waals surface area contributed by atoms with E-state index in [0.29, 0.717) is 17.0 Å². The third-order valence-corrected chi connectivity index (χ3v) is 4.47. The van der Waals surface area contributed by atoms with Crippen LogP contribution in [0.5, 0.6) is 0 Å². The smallest absolute Gasteiger partial charge is 0.258 e. The van der Waals surface area contributed by atoms with Crippen molar-refractivity contribution in [3.05, 3.63) is 82.0 Å². The van der Waals surface area contributed by atoms with Crippen LogP contribution in [0.3, 0.4) is 0 Å². The van der Waals surface area contributed by atoms with Gasteiger partial charge >= 0.3 is 0 Å². The lowest BCUT2D eigenvalue weighted by molar-refractivity contribution is 0.0949. The lowest BCUT2D eigenvalue weighted by Gasteiger charge is -2.11. The molecule has 0 spiro atoms. The molecular weight excluding hydrogens is 361 g/mol. The first-order valence-electron chi connectivity index (χ1n) is 8.73. The third kappa shape index (κ3) is 4.09. The van der Waals surface area contributed by atoms with Gasteiger partial charge in [0.25, 0.3) is 11.8 Å². The first-order chi connectivity index (χ1) is 13.4. The monoisotopic (exact) mass is 381 g/mol. The van der Waals surface area contributed by atoms with Crippen LogP contribution >= 0.6 is 0 Å². The lowest BCUT2D eigenvalue weighted by atomic mass is 10.1. The number of hydrogen-bond donors (Lipinski definition) is 2. The zero-order chi connectivity index (χ0) is 20.3. The van der Waals surface area contributed by atoms with Crippen molar-refractivity contribution in [2.75, 3.05) is 5.32 Å². The van der Waals surface area contributed by atoms with Crippen LogP contribution in [0.4, 0.5) is 10.1 Å². The second-order valence-corrected chi connectivity index (χ2v) is 6.45. The molecule has 0 atom stereocenters. The molecule has 0 saturated carbocycles. The van der Waals surface area contributed by atoms with Gasteiger partial charge in [0.1, 0.15) is 11.6 Å². The summed E-state index contributed by atoms with van der Waals surface area (Å²) < 4.78 is 18.9. The average molecular weight is 381 g/mol. The summed E-state index contributed by atoms with van der Waals surface area (Å²) >= 11 is 0. The van der Waals surface area contributed by atoms with Gasteiger partial charge in [0.05, 0.1) is 11.3 Å². The minimum Gasteiger partial charge on any atom is -0.361 e. The molecule has 0 bridgehead atoms. The molecule has 2 N–H and O–H groups in total. The number of carbonyl (C=O) groups excluding carboxylic acids is 2. The van der Waals surface area contributed by atoms with E-state index in [4.69, 9.17) is 4.52 Å². The van der Waals surface area contributed by atoms with Gasteiger partial charge < -0.3 is 15.2 Å². The topological polar surface area (TPSA) is 84.2 Å². The zero-order valence-electron chi connectivity index (χ0n) is 15.8. The molecule has 7 heteroatoms. The highest BCUT2D eigenvalue weighted by atomic mass is 19.1. The number of carbonyl (C=O) groups is 2. The molecule has 2 aromatic carbocycles. The van der Waals surface area contributed by atoms with Crippen molar-refractivity contribution in [3.8, 4) is 0 Å².